The Hall–Kier alpha value is -3.87. The minimum atomic E-state index is -4.47. The molecule has 0 aliphatic carbocycles. The monoisotopic (exact) mass is 421 g/mol. The number of aromatic nitrogens is 2. The van der Waals surface area contributed by atoms with Crippen molar-refractivity contribution in [2.24, 2.45) is 0 Å². The van der Waals surface area contributed by atoms with E-state index in [0.717, 1.165) is 33.8 Å². The van der Waals surface area contributed by atoms with Crippen molar-refractivity contribution in [2.75, 3.05) is 5.32 Å². The molecule has 0 unspecified atom stereocenters. The molecule has 156 valence electrons. The van der Waals surface area contributed by atoms with E-state index in [1.54, 1.807) is 12.3 Å². The molecule has 0 fully saturated rings. The van der Waals surface area contributed by atoms with Gasteiger partial charge in [-0.3, -0.25) is 4.79 Å². The SMILES string of the molecule is Cc1ccc(NC(=O)C=Cc2cccc(-c3cnc4[nH]ccc4c3)c2)cc1C(F)(F)F. The number of hydrogen-bond donors (Lipinski definition) is 2. The number of aromatic amines is 1. The van der Waals surface area contributed by atoms with Gasteiger partial charge in [0.2, 0.25) is 5.91 Å². The van der Waals surface area contributed by atoms with E-state index in [1.165, 1.54) is 25.1 Å². The fourth-order valence-corrected chi connectivity index (χ4v) is 3.28. The highest BCUT2D eigenvalue weighted by atomic mass is 19.4. The standard InChI is InChI=1S/C24H18F3N3O/c1-15-5-7-20(13-21(15)24(25,26)27)30-22(31)8-6-16-3-2-4-17(11-16)19-12-18-9-10-28-23(18)29-14-19/h2-14H,1H3,(H,28,29)(H,30,31). The highest BCUT2D eigenvalue weighted by Crippen LogP contribution is 2.33. The third kappa shape index (κ3) is 4.66. The molecule has 0 spiro atoms. The summed E-state index contributed by atoms with van der Waals surface area (Å²) in [5.41, 5.74) is 2.88. The van der Waals surface area contributed by atoms with Crippen LogP contribution in [0.1, 0.15) is 16.7 Å². The quantitative estimate of drug-likeness (QED) is 0.385. The van der Waals surface area contributed by atoms with Gasteiger partial charge in [-0.05, 0) is 60.0 Å². The molecule has 31 heavy (non-hydrogen) atoms. The number of anilines is 1. The van der Waals surface area contributed by atoms with Gasteiger partial charge < -0.3 is 10.3 Å². The first-order valence-electron chi connectivity index (χ1n) is 9.50. The average molecular weight is 421 g/mol. The van der Waals surface area contributed by atoms with Gasteiger partial charge in [-0.1, -0.05) is 24.3 Å². The maximum Gasteiger partial charge on any atom is 0.416 e. The molecule has 2 aromatic carbocycles. The Bertz CT molecular complexity index is 1290. The van der Waals surface area contributed by atoms with Gasteiger partial charge in [-0.2, -0.15) is 13.2 Å². The number of benzene rings is 2. The third-order valence-corrected chi connectivity index (χ3v) is 4.86. The number of rotatable bonds is 4. The van der Waals surface area contributed by atoms with Gasteiger partial charge in [-0.15, -0.1) is 0 Å². The maximum absolute atomic E-state index is 13.0. The van der Waals surface area contributed by atoms with Crippen molar-refractivity contribution >= 4 is 28.7 Å². The third-order valence-electron chi connectivity index (χ3n) is 4.86. The first-order valence-corrected chi connectivity index (χ1v) is 9.50. The van der Waals surface area contributed by atoms with Crippen molar-refractivity contribution in [3.63, 3.8) is 0 Å². The number of hydrogen-bond acceptors (Lipinski definition) is 2. The molecule has 0 atom stereocenters. The van der Waals surface area contributed by atoms with E-state index in [2.05, 4.69) is 15.3 Å². The smallest absolute Gasteiger partial charge is 0.346 e. The Morgan fingerprint density at radius 3 is 2.71 bits per heavy atom. The first kappa shape index (κ1) is 20.4. The number of H-pyrrole nitrogens is 1. The number of carbonyl (C=O) groups excluding carboxylic acids is 1. The first-order chi connectivity index (χ1) is 14.8. The lowest BCUT2D eigenvalue weighted by Gasteiger charge is -2.12. The van der Waals surface area contributed by atoms with Gasteiger partial charge in [0.1, 0.15) is 5.65 Å². The molecular formula is C24H18F3N3O. The zero-order valence-corrected chi connectivity index (χ0v) is 16.5. The van der Waals surface area contributed by atoms with Crippen LogP contribution in [-0.2, 0) is 11.0 Å². The van der Waals surface area contributed by atoms with Crippen molar-refractivity contribution in [1.82, 2.24) is 9.97 Å². The second-order valence-electron chi connectivity index (χ2n) is 7.12. The predicted molar refractivity (Wildman–Crippen MR) is 115 cm³/mol. The molecule has 0 aliphatic heterocycles. The van der Waals surface area contributed by atoms with Crippen LogP contribution in [-0.4, -0.2) is 15.9 Å². The van der Waals surface area contributed by atoms with Crippen molar-refractivity contribution < 1.29 is 18.0 Å². The lowest BCUT2D eigenvalue weighted by atomic mass is 10.0. The Labute approximate surface area is 176 Å². The fourth-order valence-electron chi connectivity index (χ4n) is 3.28. The lowest BCUT2D eigenvalue weighted by molar-refractivity contribution is -0.138. The van der Waals surface area contributed by atoms with E-state index >= 15 is 0 Å². The van der Waals surface area contributed by atoms with E-state index in [9.17, 15) is 18.0 Å². The van der Waals surface area contributed by atoms with Crippen LogP contribution in [0.25, 0.3) is 28.2 Å². The number of halogens is 3. The summed E-state index contributed by atoms with van der Waals surface area (Å²) in [4.78, 5) is 19.6. The number of amides is 1. The molecule has 7 heteroatoms. The largest absolute Gasteiger partial charge is 0.416 e. The zero-order valence-electron chi connectivity index (χ0n) is 16.5. The summed E-state index contributed by atoms with van der Waals surface area (Å²) in [5, 5.41) is 3.47. The Morgan fingerprint density at radius 1 is 1.06 bits per heavy atom. The van der Waals surface area contributed by atoms with E-state index in [1.807, 2.05) is 42.6 Å². The molecule has 2 heterocycles. The molecule has 4 rings (SSSR count). The van der Waals surface area contributed by atoms with Crippen LogP contribution >= 0.6 is 0 Å². The number of fused-ring (bicyclic) bond motifs is 1. The number of nitrogens with zero attached hydrogens (tertiary/aromatic N) is 1. The molecule has 0 saturated heterocycles. The second-order valence-corrected chi connectivity index (χ2v) is 7.12. The van der Waals surface area contributed by atoms with Crippen LogP contribution in [0.5, 0.6) is 0 Å². The average Bonchev–Trinajstić information content (AvgIpc) is 3.21. The number of carbonyl (C=O) groups is 1. The van der Waals surface area contributed by atoms with Gasteiger partial charge in [0.25, 0.3) is 0 Å². The van der Waals surface area contributed by atoms with Crippen LogP contribution in [0.15, 0.2) is 73.1 Å². The molecule has 0 saturated carbocycles. The van der Waals surface area contributed by atoms with Gasteiger partial charge in [0.15, 0.2) is 0 Å². The van der Waals surface area contributed by atoms with E-state index < -0.39 is 17.6 Å². The van der Waals surface area contributed by atoms with E-state index in [-0.39, 0.29) is 11.3 Å². The summed E-state index contributed by atoms with van der Waals surface area (Å²) in [6.45, 7) is 1.38. The van der Waals surface area contributed by atoms with Crippen LogP contribution in [0.3, 0.4) is 0 Å². The summed E-state index contributed by atoms with van der Waals surface area (Å²) in [6, 6.07) is 15.2. The minimum absolute atomic E-state index is 0.0900. The number of aryl methyl sites for hydroxylation is 1. The second kappa shape index (κ2) is 8.10. The van der Waals surface area contributed by atoms with Crippen molar-refractivity contribution in [2.45, 2.75) is 13.1 Å². The van der Waals surface area contributed by atoms with Crippen molar-refractivity contribution in [1.29, 1.82) is 0 Å². The molecule has 2 aromatic heterocycles. The molecule has 0 aliphatic rings. The number of alkyl halides is 3. The summed E-state index contributed by atoms with van der Waals surface area (Å²) in [5.74, 6) is -0.516. The van der Waals surface area contributed by atoms with Crippen molar-refractivity contribution in [3.05, 3.63) is 89.8 Å². The summed E-state index contributed by atoms with van der Waals surface area (Å²) >= 11 is 0. The van der Waals surface area contributed by atoms with Crippen LogP contribution in [0, 0.1) is 6.92 Å². The van der Waals surface area contributed by atoms with Gasteiger partial charge in [0, 0.05) is 35.1 Å². The molecule has 4 nitrogen and oxygen atoms in total. The molecular weight excluding hydrogens is 403 g/mol. The topological polar surface area (TPSA) is 57.8 Å². The molecule has 0 bridgehead atoms. The molecule has 2 N–H and O–H groups in total. The highest BCUT2D eigenvalue weighted by molar-refractivity contribution is 6.02. The van der Waals surface area contributed by atoms with Crippen LogP contribution in [0.4, 0.5) is 18.9 Å². The van der Waals surface area contributed by atoms with E-state index in [0.29, 0.717) is 0 Å². The van der Waals surface area contributed by atoms with Gasteiger partial charge in [-0.25, -0.2) is 4.98 Å². The molecule has 1 amide bonds. The Kier molecular flexibility index (Phi) is 5.33. The zero-order chi connectivity index (χ0) is 22.0. The summed E-state index contributed by atoms with van der Waals surface area (Å²) in [6.07, 6.45) is 2.02. The number of nitrogens with one attached hydrogen (secondary N) is 2. The maximum atomic E-state index is 13.0. The Balaban J connectivity index is 1.50. The summed E-state index contributed by atoms with van der Waals surface area (Å²) in [7, 11) is 0. The van der Waals surface area contributed by atoms with Crippen LogP contribution in [0.2, 0.25) is 0 Å². The normalized spacial score (nSPS) is 11.9. The molecule has 0 radical (unpaired) electrons. The van der Waals surface area contributed by atoms with Crippen molar-refractivity contribution in [3.8, 4) is 11.1 Å². The summed E-state index contributed by atoms with van der Waals surface area (Å²) < 4.78 is 39.1. The molecule has 4 aromatic rings. The Morgan fingerprint density at radius 2 is 1.90 bits per heavy atom. The predicted octanol–water partition coefficient (Wildman–Crippen LogP) is 6.21. The van der Waals surface area contributed by atoms with E-state index in [4.69, 9.17) is 0 Å². The van der Waals surface area contributed by atoms with Crippen LogP contribution < -0.4 is 5.32 Å². The number of pyridine rings is 1. The minimum Gasteiger partial charge on any atom is -0.346 e. The van der Waals surface area contributed by atoms with Gasteiger partial charge in [0.05, 0.1) is 5.56 Å². The lowest BCUT2D eigenvalue weighted by Crippen LogP contribution is -2.11. The highest BCUT2D eigenvalue weighted by Gasteiger charge is 2.32. The fraction of sp³-hybridized carbons (Fsp3) is 0.0833. The van der Waals surface area contributed by atoms with Gasteiger partial charge >= 0.3 is 6.18 Å².